The number of hydrogen-bond donors (Lipinski definition) is 5. The lowest BCUT2D eigenvalue weighted by atomic mass is 10.0. The maximum Gasteiger partial charge on any atom is 0.317 e. The fourth-order valence-corrected chi connectivity index (χ4v) is 3.99. The molecule has 2 atom stereocenters. The van der Waals surface area contributed by atoms with Crippen LogP contribution in [0.5, 0.6) is 0 Å². The van der Waals surface area contributed by atoms with Gasteiger partial charge in [-0.05, 0) is 43.4 Å². The van der Waals surface area contributed by atoms with Gasteiger partial charge in [-0.2, -0.15) is 0 Å². The molecule has 1 saturated heterocycles. The van der Waals surface area contributed by atoms with Crippen molar-refractivity contribution in [1.82, 2.24) is 15.5 Å². The van der Waals surface area contributed by atoms with Gasteiger partial charge in [-0.25, -0.2) is 0 Å². The summed E-state index contributed by atoms with van der Waals surface area (Å²) >= 11 is 0. The second kappa shape index (κ2) is 12.1. The van der Waals surface area contributed by atoms with Crippen LogP contribution in [-0.4, -0.2) is 58.8 Å². The maximum absolute atomic E-state index is 13.6. The quantitative estimate of drug-likeness (QED) is 0.248. The second-order valence-corrected chi connectivity index (χ2v) is 8.37. The minimum atomic E-state index is -1.08. The molecule has 1 heterocycles. The molecular formula is C25H31N5O4. The first-order valence-electron chi connectivity index (χ1n) is 11.4. The Morgan fingerprint density at radius 1 is 1.12 bits per heavy atom. The van der Waals surface area contributed by atoms with Gasteiger partial charge in [-0.15, -0.1) is 0 Å². The Kier molecular flexibility index (Phi) is 8.89. The summed E-state index contributed by atoms with van der Waals surface area (Å²) in [5.41, 5.74) is 7.81. The molecule has 34 heavy (non-hydrogen) atoms. The van der Waals surface area contributed by atoms with Crippen LogP contribution in [0.2, 0.25) is 0 Å². The zero-order valence-corrected chi connectivity index (χ0v) is 19.0. The molecule has 9 heteroatoms. The smallest absolute Gasteiger partial charge is 0.317 e. The Morgan fingerprint density at radius 2 is 1.82 bits per heavy atom. The third kappa shape index (κ3) is 6.97. The number of benzene rings is 2. The average Bonchev–Trinajstić information content (AvgIpc) is 3.38. The molecule has 2 aromatic carbocycles. The van der Waals surface area contributed by atoms with E-state index in [2.05, 4.69) is 10.6 Å². The van der Waals surface area contributed by atoms with E-state index < -0.39 is 24.0 Å². The largest absolute Gasteiger partial charge is 0.480 e. The van der Waals surface area contributed by atoms with Gasteiger partial charge in [0.1, 0.15) is 5.84 Å². The van der Waals surface area contributed by atoms with Gasteiger partial charge in [0, 0.05) is 5.56 Å². The predicted octanol–water partition coefficient (Wildman–Crippen LogP) is 1.25. The first-order chi connectivity index (χ1) is 16.3. The number of amides is 2. The number of aliphatic carboxylic acids is 1. The minimum Gasteiger partial charge on any atom is -0.480 e. The Balaban J connectivity index is 1.82. The summed E-state index contributed by atoms with van der Waals surface area (Å²) in [5, 5.41) is 22.7. The van der Waals surface area contributed by atoms with Crippen LogP contribution in [0.3, 0.4) is 0 Å². The molecule has 0 radical (unpaired) electrons. The summed E-state index contributed by atoms with van der Waals surface area (Å²) in [6, 6.07) is 15.1. The molecular weight excluding hydrogens is 434 g/mol. The van der Waals surface area contributed by atoms with Crippen LogP contribution in [0.15, 0.2) is 54.6 Å². The number of nitrogens with zero attached hydrogens (tertiary/aromatic N) is 1. The van der Waals surface area contributed by atoms with E-state index in [1.807, 2.05) is 30.3 Å². The van der Waals surface area contributed by atoms with Crippen LogP contribution in [0, 0.1) is 5.41 Å². The highest BCUT2D eigenvalue weighted by Gasteiger charge is 2.34. The zero-order chi connectivity index (χ0) is 24.5. The lowest BCUT2D eigenvalue weighted by molar-refractivity contribution is -0.148. The van der Waals surface area contributed by atoms with Crippen molar-refractivity contribution in [3.05, 3.63) is 71.3 Å². The number of amidine groups is 1. The summed E-state index contributed by atoms with van der Waals surface area (Å²) in [4.78, 5) is 39.4. The van der Waals surface area contributed by atoms with Crippen LogP contribution >= 0.6 is 0 Å². The second-order valence-electron chi connectivity index (χ2n) is 8.37. The van der Waals surface area contributed by atoms with Crippen molar-refractivity contribution in [2.45, 2.75) is 44.3 Å². The lowest BCUT2D eigenvalue weighted by Crippen LogP contribution is -2.53. The van der Waals surface area contributed by atoms with Gasteiger partial charge in [0.25, 0.3) is 0 Å². The Labute approximate surface area is 198 Å². The number of imide groups is 1. The number of aryl methyl sites for hydroxylation is 1. The number of carbonyl (C=O) groups excluding carboxylic acids is 2. The average molecular weight is 466 g/mol. The summed E-state index contributed by atoms with van der Waals surface area (Å²) in [7, 11) is 0. The molecule has 0 aliphatic carbocycles. The fraction of sp³-hybridized carbons (Fsp3) is 0.360. The van der Waals surface area contributed by atoms with Crippen LogP contribution in [-0.2, 0) is 27.3 Å². The number of hydrogen-bond acceptors (Lipinski definition) is 6. The SMILES string of the molecule is N=C(N)c1ccc(CN(C(=O)[C@@H]2CCCN2)C(=O)[C@H](CCc2ccccc2)NCC(=O)O)cc1. The van der Waals surface area contributed by atoms with Gasteiger partial charge in [-0.3, -0.25) is 30.0 Å². The molecule has 0 aromatic heterocycles. The monoisotopic (exact) mass is 465 g/mol. The summed E-state index contributed by atoms with van der Waals surface area (Å²) in [6.45, 7) is 0.368. The molecule has 1 aliphatic heterocycles. The van der Waals surface area contributed by atoms with Crippen molar-refractivity contribution in [2.24, 2.45) is 5.73 Å². The van der Waals surface area contributed by atoms with Gasteiger partial charge in [0.15, 0.2) is 0 Å². The van der Waals surface area contributed by atoms with E-state index in [1.165, 1.54) is 4.90 Å². The number of carboxylic acid groups (broad SMARTS) is 1. The first-order valence-corrected chi connectivity index (χ1v) is 11.4. The van der Waals surface area contributed by atoms with E-state index in [9.17, 15) is 14.4 Å². The van der Waals surface area contributed by atoms with Crippen molar-refractivity contribution < 1.29 is 19.5 Å². The van der Waals surface area contributed by atoms with Crippen molar-refractivity contribution in [2.75, 3.05) is 13.1 Å². The van der Waals surface area contributed by atoms with Gasteiger partial charge in [0.2, 0.25) is 11.8 Å². The van der Waals surface area contributed by atoms with E-state index in [-0.39, 0.29) is 24.8 Å². The first kappa shape index (κ1) is 25.1. The normalized spacial score (nSPS) is 16.1. The number of nitrogens with one attached hydrogen (secondary N) is 3. The van der Waals surface area contributed by atoms with Crippen LogP contribution in [0.1, 0.15) is 36.0 Å². The van der Waals surface area contributed by atoms with Crippen molar-refractivity contribution in [3.8, 4) is 0 Å². The highest BCUT2D eigenvalue weighted by molar-refractivity contribution is 6.00. The molecule has 3 rings (SSSR count). The van der Waals surface area contributed by atoms with Gasteiger partial charge in [-0.1, -0.05) is 54.6 Å². The van der Waals surface area contributed by atoms with E-state index in [0.717, 1.165) is 12.0 Å². The van der Waals surface area contributed by atoms with Gasteiger partial charge >= 0.3 is 5.97 Å². The van der Waals surface area contributed by atoms with E-state index in [1.54, 1.807) is 24.3 Å². The Morgan fingerprint density at radius 3 is 2.41 bits per heavy atom. The number of rotatable bonds is 11. The highest BCUT2D eigenvalue weighted by atomic mass is 16.4. The molecule has 2 amide bonds. The summed E-state index contributed by atoms with van der Waals surface area (Å²) in [5.74, 6) is -1.91. The van der Waals surface area contributed by atoms with Crippen LogP contribution in [0.25, 0.3) is 0 Å². The lowest BCUT2D eigenvalue weighted by Gasteiger charge is -2.28. The van der Waals surface area contributed by atoms with Gasteiger partial charge < -0.3 is 16.2 Å². The van der Waals surface area contributed by atoms with E-state index in [4.69, 9.17) is 16.2 Å². The highest BCUT2D eigenvalue weighted by Crippen LogP contribution is 2.16. The third-order valence-corrected chi connectivity index (χ3v) is 5.86. The molecule has 0 unspecified atom stereocenters. The molecule has 180 valence electrons. The molecule has 9 nitrogen and oxygen atoms in total. The molecule has 0 spiro atoms. The minimum absolute atomic E-state index is 0.0462. The predicted molar refractivity (Wildman–Crippen MR) is 128 cm³/mol. The standard InChI is InChI=1S/C25H31N5O4/c26-23(27)19-11-8-18(9-12-19)16-30(24(33)20-7-4-14-28-20)25(34)21(29-15-22(31)32)13-10-17-5-2-1-3-6-17/h1-3,5-6,8-9,11-12,20-21,28-29H,4,7,10,13-16H2,(H3,26,27)(H,31,32)/t20-,21-/m0/s1. The molecule has 1 aliphatic rings. The van der Waals surface area contributed by atoms with E-state index >= 15 is 0 Å². The number of carbonyl (C=O) groups is 3. The molecule has 1 fully saturated rings. The number of nitrogens with two attached hydrogens (primary N) is 1. The third-order valence-electron chi connectivity index (χ3n) is 5.86. The van der Waals surface area contributed by atoms with Crippen molar-refractivity contribution >= 4 is 23.6 Å². The Hall–Kier alpha value is -3.56. The van der Waals surface area contributed by atoms with Crippen molar-refractivity contribution in [1.29, 1.82) is 5.41 Å². The summed E-state index contributed by atoms with van der Waals surface area (Å²) < 4.78 is 0. The molecule has 0 bridgehead atoms. The number of carboxylic acids is 1. The van der Waals surface area contributed by atoms with E-state index in [0.29, 0.717) is 36.9 Å². The number of nitrogen functional groups attached to an aromatic ring is 1. The maximum atomic E-state index is 13.6. The fourth-order valence-electron chi connectivity index (χ4n) is 3.99. The van der Waals surface area contributed by atoms with Crippen LogP contribution < -0.4 is 16.4 Å². The van der Waals surface area contributed by atoms with Gasteiger partial charge in [0.05, 0.1) is 25.2 Å². The Bertz CT molecular complexity index is 1000. The van der Waals surface area contributed by atoms with Crippen molar-refractivity contribution in [3.63, 3.8) is 0 Å². The van der Waals surface area contributed by atoms with Crippen LogP contribution in [0.4, 0.5) is 0 Å². The summed E-state index contributed by atoms with van der Waals surface area (Å²) in [6.07, 6.45) is 2.39. The molecule has 6 N–H and O–H groups in total. The molecule has 0 saturated carbocycles. The topological polar surface area (TPSA) is 149 Å². The molecule has 2 aromatic rings. The zero-order valence-electron chi connectivity index (χ0n) is 19.0.